The Morgan fingerprint density at radius 1 is 0.947 bits per heavy atom. The molecule has 5 rings (SSSR count). The van der Waals surface area contributed by atoms with Gasteiger partial charge in [-0.15, -0.1) is 0 Å². The van der Waals surface area contributed by atoms with E-state index in [2.05, 4.69) is 15.9 Å². The highest BCUT2D eigenvalue weighted by atomic mass is 79.9. The molecule has 1 aliphatic heterocycles. The molecule has 9 nitrogen and oxygen atoms in total. The summed E-state index contributed by atoms with van der Waals surface area (Å²) in [6.07, 6.45) is 0. The summed E-state index contributed by atoms with van der Waals surface area (Å²) in [7, 11) is 1.53. The van der Waals surface area contributed by atoms with E-state index in [0.717, 1.165) is 14.8 Å². The number of nitro benzene ring substituents is 1. The number of anilines is 1. The smallest absolute Gasteiger partial charge is 0.269 e. The van der Waals surface area contributed by atoms with Crippen molar-refractivity contribution in [3.63, 3.8) is 0 Å². The molecule has 0 unspecified atom stereocenters. The highest BCUT2D eigenvalue weighted by Crippen LogP contribution is 2.34. The van der Waals surface area contributed by atoms with Crippen LogP contribution in [0.3, 0.4) is 0 Å². The molecule has 0 aliphatic carbocycles. The zero-order valence-corrected chi connectivity index (χ0v) is 21.7. The van der Waals surface area contributed by atoms with Gasteiger partial charge in [0, 0.05) is 57.5 Å². The van der Waals surface area contributed by atoms with Crippen LogP contribution in [0.15, 0.2) is 83.3 Å². The van der Waals surface area contributed by atoms with Crippen LogP contribution in [0.2, 0.25) is 0 Å². The fourth-order valence-corrected chi connectivity index (χ4v) is 4.97. The van der Waals surface area contributed by atoms with Gasteiger partial charge in [0.1, 0.15) is 5.75 Å². The summed E-state index contributed by atoms with van der Waals surface area (Å²) in [6.45, 7) is -0.0597. The molecule has 4 aromatic carbocycles. The Balaban J connectivity index is 1.47. The maximum atomic E-state index is 13.5. The van der Waals surface area contributed by atoms with Gasteiger partial charge in [-0.3, -0.25) is 29.4 Å². The van der Waals surface area contributed by atoms with Crippen LogP contribution in [0.1, 0.15) is 31.1 Å². The fraction of sp³-hybridized carbons (Fsp3) is 0.107. The maximum Gasteiger partial charge on any atom is 0.269 e. The van der Waals surface area contributed by atoms with Gasteiger partial charge in [0.2, 0.25) is 0 Å². The number of imide groups is 1. The number of methoxy groups -OCH3 is 1. The Morgan fingerprint density at radius 2 is 1.61 bits per heavy atom. The summed E-state index contributed by atoms with van der Waals surface area (Å²) in [6, 6.07) is 20.8. The van der Waals surface area contributed by atoms with E-state index in [-0.39, 0.29) is 24.3 Å². The van der Waals surface area contributed by atoms with Crippen LogP contribution in [0.25, 0.3) is 10.8 Å². The SMILES string of the molecule is COc1ccc(N(CCN2C(=O)c3cccc4c(Br)ccc(c34)C2=O)C(=O)c2ccc([N+](=O)[O-])cc2)cc1. The fourth-order valence-electron chi connectivity index (χ4n) is 4.51. The number of nitrogens with zero attached hydrogens (tertiary/aromatic N) is 3. The monoisotopic (exact) mass is 573 g/mol. The molecule has 0 atom stereocenters. The number of hydrogen-bond donors (Lipinski definition) is 0. The largest absolute Gasteiger partial charge is 0.497 e. The van der Waals surface area contributed by atoms with Crippen molar-refractivity contribution in [2.75, 3.05) is 25.1 Å². The molecule has 0 saturated carbocycles. The molecule has 0 aromatic heterocycles. The van der Waals surface area contributed by atoms with E-state index in [9.17, 15) is 24.5 Å². The summed E-state index contributed by atoms with van der Waals surface area (Å²) < 4.78 is 6.00. The highest BCUT2D eigenvalue weighted by molar-refractivity contribution is 9.10. The van der Waals surface area contributed by atoms with Crippen LogP contribution >= 0.6 is 15.9 Å². The number of nitro groups is 1. The zero-order chi connectivity index (χ0) is 27.0. The Labute approximate surface area is 225 Å². The molecule has 10 heteroatoms. The molecule has 0 fully saturated rings. The molecule has 0 N–H and O–H groups in total. The summed E-state index contributed by atoms with van der Waals surface area (Å²) in [5.41, 5.74) is 1.42. The molecule has 1 heterocycles. The highest BCUT2D eigenvalue weighted by Gasteiger charge is 2.34. The molecule has 1 aliphatic rings. The number of rotatable bonds is 7. The molecule has 3 amide bonds. The number of amides is 3. The van der Waals surface area contributed by atoms with Gasteiger partial charge >= 0.3 is 0 Å². The van der Waals surface area contributed by atoms with E-state index in [1.54, 1.807) is 48.5 Å². The molecule has 0 radical (unpaired) electrons. The minimum absolute atomic E-state index is 0.00146. The number of carbonyl (C=O) groups is 3. The Morgan fingerprint density at radius 3 is 2.24 bits per heavy atom. The molecule has 38 heavy (non-hydrogen) atoms. The summed E-state index contributed by atoms with van der Waals surface area (Å²) in [5.74, 6) is -0.727. The molecular weight excluding hydrogens is 554 g/mol. The molecule has 4 aromatic rings. The lowest BCUT2D eigenvalue weighted by molar-refractivity contribution is -0.384. The van der Waals surface area contributed by atoms with E-state index < -0.39 is 22.6 Å². The Hall–Kier alpha value is -4.57. The van der Waals surface area contributed by atoms with Crippen molar-refractivity contribution >= 4 is 55.8 Å². The van der Waals surface area contributed by atoms with E-state index >= 15 is 0 Å². The topological polar surface area (TPSA) is 110 Å². The van der Waals surface area contributed by atoms with Crippen molar-refractivity contribution in [3.8, 4) is 5.75 Å². The first-order valence-electron chi connectivity index (χ1n) is 11.6. The number of benzene rings is 4. The average Bonchev–Trinajstić information content (AvgIpc) is 2.94. The standard InChI is InChI=1S/C28H20BrN3O6/c1-38-20-11-9-18(10-12-20)30(26(33)17-5-7-19(8-6-17)32(36)37)15-16-31-27(34)22-4-2-3-21-24(29)14-13-23(25(21)22)28(31)35/h2-14H,15-16H2,1H3. The predicted molar refractivity (Wildman–Crippen MR) is 145 cm³/mol. The van der Waals surface area contributed by atoms with Gasteiger partial charge in [0.05, 0.1) is 12.0 Å². The minimum atomic E-state index is -0.542. The van der Waals surface area contributed by atoms with Crippen LogP contribution in [-0.4, -0.2) is 47.7 Å². The quantitative estimate of drug-likeness (QED) is 0.165. The van der Waals surface area contributed by atoms with Gasteiger partial charge in [0.15, 0.2) is 0 Å². The van der Waals surface area contributed by atoms with Gasteiger partial charge in [-0.25, -0.2) is 0 Å². The third kappa shape index (κ3) is 4.39. The second-order valence-corrected chi connectivity index (χ2v) is 9.40. The van der Waals surface area contributed by atoms with Crippen LogP contribution in [-0.2, 0) is 0 Å². The first kappa shape index (κ1) is 25.1. The number of carbonyl (C=O) groups excluding carboxylic acids is 3. The predicted octanol–water partition coefficient (Wildman–Crippen LogP) is 5.46. The first-order valence-corrected chi connectivity index (χ1v) is 12.4. The van der Waals surface area contributed by atoms with Crippen molar-refractivity contribution in [1.82, 2.24) is 4.90 Å². The molecule has 0 spiro atoms. The molecule has 190 valence electrons. The third-order valence-electron chi connectivity index (χ3n) is 6.44. The summed E-state index contributed by atoms with van der Waals surface area (Å²) in [5, 5.41) is 12.4. The second-order valence-electron chi connectivity index (χ2n) is 8.54. The van der Waals surface area contributed by atoms with Crippen molar-refractivity contribution < 1.29 is 24.0 Å². The van der Waals surface area contributed by atoms with Gasteiger partial charge in [-0.2, -0.15) is 0 Å². The van der Waals surface area contributed by atoms with Crippen molar-refractivity contribution in [2.45, 2.75) is 0 Å². The lowest BCUT2D eigenvalue weighted by Gasteiger charge is -2.30. The van der Waals surface area contributed by atoms with Crippen molar-refractivity contribution in [2.24, 2.45) is 0 Å². The van der Waals surface area contributed by atoms with E-state index in [0.29, 0.717) is 28.0 Å². The zero-order valence-electron chi connectivity index (χ0n) is 20.1. The number of hydrogen-bond acceptors (Lipinski definition) is 6. The van der Waals surface area contributed by atoms with Gasteiger partial charge in [-0.05, 0) is 60.0 Å². The molecular formula is C28H20BrN3O6. The van der Waals surface area contributed by atoms with Crippen LogP contribution in [0.4, 0.5) is 11.4 Å². The Bertz CT molecular complexity index is 1580. The average molecular weight is 574 g/mol. The molecule has 0 saturated heterocycles. The molecule has 0 bridgehead atoms. The van der Waals surface area contributed by atoms with E-state index in [1.807, 2.05) is 6.07 Å². The number of non-ortho nitro benzene ring substituents is 1. The summed E-state index contributed by atoms with van der Waals surface area (Å²) in [4.78, 5) is 53.4. The number of ether oxygens (including phenoxy) is 1. The normalized spacial score (nSPS) is 12.5. The first-order chi connectivity index (χ1) is 18.3. The van der Waals surface area contributed by atoms with Gasteiger partial charge < -0.3 is 9.64 Å². The van der Waals surface area contributed by atoms with Crippen molar-refractivity contribution in [1.29, 1.82) is 0 Å². The third-order valence-corrected chi connectivity index (χ3v) is 7.13. The van der Waals surface area contributed by atoms with E-state index in [1.165, 1.54) is 36.3 Å². The van der Waals surface area contributed by atoms with Gasteiger partial charge in [-0.1, -0.05) is 28.1 Å². The van der Waals surface area contributed by atoms with Crippen LogP contribution in [0, 0.1) is 10.1 Å². The van der Waals surface area contributed by atoms with E-state index in [4.69, 9.17) is 4.74 Å². The van der Waals surface area contributed by atoms with Crippen molar-refractivity contribution in [3.05, 3.63) is 110 Å². The second kappa shape index (κ2) is 10.1. The lowest BCUT2D eigenvalue weighted by Crippen LogP contribution is -2.46. The van der Waals surface area contributed by atoms with Gasteiger partial charge in [0.25, 0.3) is 23.4 Å². The maximum absolute atomic E-state index is 13.5. The minimum Gasteiger partial charge on any atom is -0.497 e. The Kier molecular flexibility index (Phi) is 6.64. The summed E-state index contributed by atoms with van der Waals surface area (Å²) >= 11 is 3.48. The van der Waals surface area contributed by atoms with Crippen LogP contribution in [0.5, 0.6) is 5.75 Å². The number of halogens is 1. The van der Waals surface area contributed by atoms with Crippen LogP contribution < -0.4 is 9.64 Å². The lowest BCUT2D eigenvalue weighted by atomic mass is 9.94.